The van der Waals surface area contributed by atoms with Gasteiger partial charge in [0.25, 0.3) is 0 Å². The molecule has 3 rings (SSSR count). The number of ether oxygens (including phenoxy) is 1. The maximum Gasteiger partial charge on any atom is 0.408 e. The predicted octanol–water partition coefficient (Wildman–Crippen LogP) is 4.56. The van der Waals surface area contributed by atoms with Crippen LogP contribution in [-0.2, 0) is 9.53 Å². The van der Waals surface area contributed by atoms with Crippen molar-refractivity contribution in [2.24, 2.45) is 0 Å². The Labute approximate surface area is 173 Å². The molecule has 0 spiro atoms. The van der Waals surface area contributed by atoms with Crippen molar-refractivity contribution in [2.75, 3.05) is 19.6 Å². The lowest BCUT2D eigenvalue weighted by atomic mass is 9.90. The minimum Gasteiger partial charge on any atom is -0.444 e. The van der Waals surface area contributed by atoms with Gasteiger partial charge in [-0.15, -0.1) is 0 Å². The van der Waals surface area contributed by atoms with Crippen molar-refractivity contribution < 1.29 is 14.3 Å². The Hall–Kier alpha value is -2.82. The lowest BCUT2D eigenvalue weighted by Crippen LogP contribution is -2.44. The number of carbonyl (C=O) groups excluding carboxylic acids is 2. The number of nitrogens with one attached hydrogen (secondary N) is 1. The molecular weight excluding hydrogens is 364 g/mol. The summed E-state index contributed by atoms with van der Waals surface area (Å²) in [7, 11) is 0. The van der Waals surface area contributed by atoms with E-state index in [1.54, 1.807) is 20.8 Å². The highest BCUT2D eigenvalue weighted by atomic mass is 16.6. The summed E-state index contributed by atoms with van der Waals surface area (Å²) in [6.07, 6.45) is 7.67. The molecule has 5 heteroatoms. The summed E-state index contributed by atoms with van der Waals surface area (Å²) < 4.78 is 5.19. The first kappa shape index (κ1) is 20.9. The molecule has 1 N–H and O–H groups in total. The molecule has 0 aromatic heterocycles. The van der Waals surface area contributed by atoms with Gasteiger partial charge in [0.1, 0.15) is 12.1 Å². The van der Waals surface area contributed by atoms with Gasteiger partial charge in [-0.3, -0.25) is 4.79 Å². The zero-order valence-electron chi connectivity index (χ0n) is 17.7. The van der Waals surface area contributed by atoms with Gasteiger partial charge in [-0.1, -0.05) is 53.6 Å². The Bertz CT molecular complexity index is 878. The van der Waals surface area contributed by atoms with Crippen molar-refractivity contribution in [3.63, 3.8) is 0 Å². The number of hydrogen-bond acceptors (Lipinski definition) is 3. The minimum atomic E-state index is -0.575. The van der Waals surface area contributed by atoms with Crippen molar-refractivity contribution in [2.45, 2.75) is 46.1 Å². The molecule has 1 aliphatic carbocycles. The van der Waals surface area contributed by atoms with Crippen molar-refractivity contribution in [3.05, 3.63) is 58.7 Å². The molecule has 2 amide bonds. The number of rotatable bonds is 2. The lowest BCUT2D eigenvalue weighted by Gasteiger charge is -2.30. The van der Waals surface area contributed by atoms with Gasteiger partial charge < -0.3 is 15.0 Å². The van der Waals surface area contributed by atoms with Gasteiger partial charge >= 0.3 is 6.09 Å². The molecule has 0 bridgehead atoms. The average molecular weight is 395 g/mol. The van der Waals surface area contributed by atoms with Crippen LogP contribution in [0, 0.1) is 0 Å². The van der Waals surface area contributed by atoms with Crippen molar-refractivity contribution in [1.82, 2.24) is 10.2 Å². The third-order valence-electron chi connectivity index (χ3n) is 5.03. The molecular formula is C24H30N2O3. The first-order valence-electron chi connectivity index (χ1n) is 10.2. The van der Waals surface area contributed by atoms with Gasteiger partial charge in [-0.05, 0) is 57.2 Å². The molecule has 1 aliphatic heterocycles. The molecule has 154 valence electrons. The van der Waals surface area contributed by atoms with Crippen molar-refractivity contribution >= 4 is 23.6 Å². The molecule has 0 atom stereocenters. The molecule has 0 radical (unpaired) electrons. The van der Waals surface area contributed by atoms with E-state index in [0.717, 1.165) is 12.8 Å². The molecule has 2 aliphatic rings. The number of fused-ring (bicyclic) bond motifs is 1. The highest BCUT2D eigenvalue weighted by Gasteiger charge is 2.23. The van der Waals surface area contributed by atoms with E-state index in [9.17, 15) is 9.59 Å². The van der Waals surface area contributed by atoms with Gasteiger partial charge in [0.05, 0.1) is 0 Å². The smallest absolute Gasteiger partial charge is 0.408 e. The van der Waals surface area contributed by atoms with E-state index in [4.69, 9.17) is 4.74 Å². The summed E-state index contributed by atoms with van der Waals surface area (Å²) in [4.78, 5) is 26.1. The quantitative estimate of drug-likeness (QED) is 0.800. The molecule has 1 aromatic carbocycles. The number of alkyl carbamates (subject to hydrolysis) is 1. The lowest BCUT2D eigenvalue weighted by molar-refractivity contribution is -0.130. The van der Waals surface area contributed by atoms with E-state index in [1.807, 2.05) is 4.90 Å². The summed E-state index contributed by atoms with van der Waals surface area (Å²) in [6.45, 7) is 8.80. The summed E-state index contributed by atoms with van der Waals surface area (Å²) in [5.74, 6) is -0.0745. The summed E-state index contributed by atoms with van der Waals surface area (Å²) in [5, 5.41) is 2.56. The van der Waals surface area contributed by atoms with E-state index in [2.05, 4.69) is 54.7 Å². The summed E-state index contributed by atoms with van der Waals surface area (Å²) >= 11 is 0. The van der Waals surface area contributed by atoms with Crippen LogP contribution in [0.3, 0.4) is 0 Å². The first-order valence-corrected chi connectivity index (χ1v) is 10.2. The highest BCUT2D eigenvalue weighted by Crippen LogP contribution is 2.33. The third kappa shape index (κ3) is 5.59. The fourth-order valence-electron chi connectivity index (χ4n) is 3.62. The van der Waals surface area contributed by atoms with Crippen LogP contribution in [0.1, 0.15) is 51.7 Å². The Kier molecular flexibility index (Phi) is 6.26. The number of allylic oxidation sites excluding steroid dienone is 4. The normalized spacial score (nSPS) is 16.7. The number of benzene rings is 1. The van der Waals surface area contributed by atoms with Gasteiger partial charge in [-0.25, -0.2) is 4.79 Å². The number of carbonyl (C=O) groups is 2. The van der Waals surface area contributed by atoms with Crippen LogP contribution >= 0.6 is 0 Å². The van der Waals surface area contributed by atoms with E-state index in [-0.39, 0.29) is 12.5 Å². The molecule has 0 unspecified atom stereocenters. The highest BCUT2D eigenvalue weighted by molar-refractivity contribution is 5.86. The number of nitrogens with zero attached hydrogens (tertiary/aromatic N) is 1. The molecule has 0 saturated carbocycles. The maximum absolute atomic E-state index is 12.5. The second-order valence-electron chi connectivity index (χ2n) is 8.56. The zero-order chi connectivity index (χ0) is 21.0. The van der Waals surface area contributed by atoms with Gasteiger partial charge in [0.15, 0.2) is 0 Å². The fraction of sp³-hybridized carbons (Fsp3) is 0.417. The molecule has 1 saturated heterocycles. The number of piperidine rings is 1. The molecule has 1 aromatic rings. The fourth-order valence-corrected chi connectivity index (χ4v) is 3.62. The first-order chi connectivity index (χ1) is 13.7. The van der Waals surface area contributed by atoms with Crippen LogP contribution in [0.15, 0.2) is 47.6 Å². The number of likely N-dealkylation sites (tertiary alicyclic amines) is 1. The Morgan fingerprint density at radius 2 is 1.79 bits per heavy atom. The van der Waals surface area contributed by atoms with E-state index >= 15 is 0 Å². The van der Waals surface area contributed by atoms with Gasteiger partial charge in [-0.2, -0.15) is 0 Å². The Morgan fingerprint density at radius 3 is 2.48 bits per heavy atom. The largest absolute Gasteiger partial charge is 0.444 e. The molecule has 1 fully saturated rings. The number of hydrogen-bond donors (Lipinski definition) is 1. The van der Waals surface area contributed by atoms with Crippen molar-refractivity contribution in [1.29, 1.82) is 0 Å². The molecule has 5 nitrogen and oxygen atoms in total. The zero-order valence-corrected chi connectivity index (χ0v) is 17.7. The predicted molar refractivity (Wildman–Crippen MR) is 116 cm³/mol. The standard InChI is InChI=1S/C24H30N2O3/c1-17-9-10-18-7-5-6-8-20(18)21(15-17)19-11-13-26(14-12-19)22(27)16-25-23(28)29-24(2,3)4/h5-10,15H,11-14,16H2,1-4H3,(H,25,28). The Morgan fingerprint density at radius 1 is 1.10 bits per heavy atom. The Balaban J connectivity index is 1.64. The second kappa shape index (κ2) is 8.68. The van der Waals surface area contributed by atoms with Gasteiger partial charge in [0.2, 0.25) is 5.91 Å². The third-order valence-corrected chi connectivity index (χ3v) is 5.03. The maximum atomic E-state index is 12.5. The second-order valence-corrected chi connectivity index (χ2v) is 8.56. The van der Waals surface area contributed by atoms with Crippen LogP contribution in [0.2, 0.25) is 0 Å². The van der Waals surface area contributed by atoms with Crippen molar-refractivity contribution in [3.8, 4) is 0 Å². The van der Waals surface area contributed by atoms with Crippen LogP contribution < -0.4 is 5.32 Å². The van der Waals surface area contributed by atoms with E-state index in [1.165, 1.54) is 27.8 Å². The van der Waals surface area contributed by atoms with Crippen LogP contribution in [0.4, 0.5) is 4.79 Å². The number of amides is 2. The van der Waals surface area contributed by atoms with E-state index in [0.29, 0.717) is 13.1 Å². The monoisotopic (exact) mass is 394 g/mol. The van der Waals surface area contributed by atoms with Gasteiger partial charge in [0, 0.05) is 13.1 Å². The van der Waals surface area contributed by atoms with E-state index < -0.39 is 11.7 Å². The minimum absolute atomic E-state index is 0.0351. The summed E-state index contributed by atoms with van der Waals surface area (Å²) in [6, 6.07) is 8.44. The SMILES string of the molecule is CC1=CC(=C2CCN(C(=O)CNC(=O)OC(C)(C)C)CC2)c2ccccc2C=C1. The van der Waals surface area contributed by atoms with Crippen LogP contribution in [-0.4, -0.2) is 42.1 Å². The molecule has 1 heterocycles. The van der Waals surface area contributed by atoms with Crippen LogP contribution in [0.5, 0.6) is 0 Å². The topological polar surface area (TPSA) is 58.6 Å². The van der Waals surface area contributed by atoms with Crippen LogP contribution in [0.25, 0.3) is 11.6 Å². The average Bonchev–Trinajstić information content (AvgIpc) is 2.84. The molecule has 29 heavy (non-hydrogen) atoms. The summed E-state index contributed by atoms with van der Waals surface area (Å²) in [5.41, 5.74) is 5.79.